The third-order valence-corrected chi connectivity index (χ3v) is 4.71. The third kappa shape index (κ3) is 5.20. The van der Waals surface area contributed by atoms with E-state index < -0.39 is 10.0 Å². The molecule has 0 saturated heterocycles. The number of benzene rings is 1. The van der Waals surface area contributed by atoms with Gasteiger partial charge in [0.05, 0.1) is 4.90 Å². The van der Waals surface area contributed by atoms with Crippen molar-refractivity contribution in [3.05, 3.63) is 29.8 Å². The van der Waals surface area contributed by atoms with Gasteiger partial charge < -0.3 is 10.2 Å². The zero-order chi connectivity index (χ0) is 15.0. The Hall–Kier alpha value is -0.950. The molecule has 0 aliphatic carbocycles. The van der Waals surface area contributed by atoms with E-state index in [1.807, 2.05) is 33.0 Å². The molecule has 1 aromatic carbocycles. The molecule has 0 atom stereocenters. The van der Waals surface area contributed by atoms with Crippen LogP contribution in [-0.4, -0.2) is 46.5 Å². The summed E-state index contributed by atoms with van der Waals surface area (Å²) in [6.07, 6.45) is 0. The van der Waals surface area contributed by atoms with Crippen molar-refractivity contribution in [2.45, 2.75) is 25.3 Å². The van der Waals surface area contributed by atoms with Gasteiger partial charge in [-0.15, -0.1) is 0 Å². The average molecular weight is 299 g/mol. The van der Waals surface area contributed by atoms with Crippen LogP contribution in [-0.2, 0) is 16.6 Å². The lowest BCUT2D eigenvalue weighted by Crippen LogP contribution is -2.33. The molecular formula is C14H25N3O2S. The van der Waals surface area contributed by atoms with E-state index in [1.54, 1.807) is 12.1 Å². The van der Waals surface area contributed by atoms with Crippen LogP contribution in [0.4, 0.5) is 0 Å². The van der Waals surface area contributed by atoms with Crippen molar-refractivity contribution in [3.8, 4) is 0 Å². The van der Waals surface area contributed by atoms with Crippen LogP contribution in [0.3, 0.4) is 0 Å². The quantitative estimate of drug-likeness (QED) is 0.715. The Labute approximate surface area is 122 Å². The summed E-state index contributed by atoms with van der Waals surface area (Å²) in [5.74, 6) is 0. The van der Waals surface area contributed by atoms with Gasteiger partial charge in [-0.2, -0.15) is 0 Å². The minimum absolute atomic E-state index is 0.361. The van der Waals surface area contributed by atoms with Gasteiger partial charge in [0.15, 0.2) is 0 Å². The lowest BCUT2D eigenvalue weighted by Gasteiger charge is -2.15. The van der Waals surface area contributed by atoms with Crippen LogP contribution in [0.25, 0.3) is 0 Å². The minimum atomic E-state index is -3.44. The second-order valence-electron chi connectivity index (χ2n) is 4.68. The molecule has 0 aliphatic heterocycles. The fourth-order valence-corrected chi connectivity index (χ4v) is 3.04. The van der Waals surface area contributed by atoms with Crippen molar-refractivity contribution in [2.24, 2.45) is 0 Å². The molecular weight excluding hydrogens is 274 g/mol. The SMILES string of the molecule is CCNCc1ccccc1S(=O)(=O)NCCN(C)CC. The smallest absolute Gasteiger partial charge is 0.240 e. The van der Waals surface area contributed by atoms with Crippen LogP contribution in [0.5, 0.6) is 0 Å². The molecule has 20 heavy (non-hydrogen) atoms. The van der Waals surface area contributed by atoms with E-state index in [9.17, 15) is 8.42 Å². The van der Waals surface area contributed by atoms with Crippen LogP contribution in [0, 0.1) is 0 Å². The van der Waals surface area contributed by atoms with Gasteiger partial charge in [-0.3, -0.25) is 0 Å². The topological polar surface area (TPSA) is 61.4 Å². The van der Waals surface area contributed by atoms with Crippen LogP contribution in [0.15, 0.2) is 29.2 Å². The molecule has 0 radical (unpaired) electrons. The maximum atomic E-state index is 12.3. The van der Waals surface area contributed by atoms with Gasteiger partial charge in [-0.1, -0.05) is 32.0 Å². The standard InChI is InChI=1S/C14H25N3O2S/c1-4-15-12-13-8-6-7-9-14(13)20(18,19)16-10-11-17(3)5-2/h6-9,15-16H,4-5,10-12H2,1-3H3. The number of likely N-dealkylation sites (N-methyl/N-ethyl adjacent to an activating group) is 1. The molecule has 0 heterocycles. The molecule has 0 bridgehead atoms. The molecule has 0 fully saturated rings. The van der Waals surface area contributed by atoms with Gasteiger partial charge in [0.25, 0.3) is 0 Å². The molecule has 0 unspecified atom stereocenters. The highest BCUT2D eigenvalue weighted by Crippen LogP contribution is 2.14. The first kappa shape index (κ1) is 17.1. The molecule has 2 N–H and O–H groups in total. The van der Waals surface area contributed by atoms with Crippen LogP contribution >= 0.6 is 0 Å². The van der Waals surface area contributed by atoms with E-state index in [0.29, 0.717) is 24.5 Å². The van der Waals surface area contributed by atoms with E-state index in [2.05, 4.69) is 14.9 Å². The molecule has 0 amide bonds. The Balaban J connectivity index is 2.76. The number of hydrogen-bond donors (Lipinski definition) is 2. The summed E-state index contributed by atoms with van der Waals surface area (Å²) >= 11 is 0. The molecule has 0 spiro atoms. The maximum absolute atomic E-state index is 12.3. The zero-order valence-electron chi connectivity index (χ0n) is 12.5. The Kier molecular flexibility index (Phi) is 7.15. The second-order valence-corrected chi connectivity index (χ2v) is 6.42. The maximum Gasteiger partial charge on any atom is 0.240 e. The van der Waals surface area contributed by atoms with E-state index in [1.165, 1.54) is 0 Å². The van der Waals surface area contributed by atoms with Crippen molar-refractivity contribution < 1.29 is 8.42 Å². The summed E-state index contributed by atoms with van der Waals surface area (Å²) in [4.78, 5) is 2.42. The fraction of sp³-hybridized carbons (Fsp3) is 0.571. The van der Waals surface area contributed by atoms with Crippen molar-refractivity contribution in [2.75, 3.05) is 33.2 Å². The molecule has 114 valence electrons. The van der Waals surface area contributed by atoms with Gasteiger partial charge >= 0.3 is 0 Å². The van der Waals surface area contributed by atoms with Crippen molar-refractivity contribution >= 4 is 10.0 Å². The minimum Gasteiger partial charge on any atom is -0.313 e. The second kappa shape index (κ2) is 8.36. The first-order chi connectivity index (χ1) is 9.51. The molecule has 5 nitrogen and oxygen atoms in total. The van der Waals surface area contributed by atoms with Gasteiger partial charge in [-0.25, -0.2) is 13.1 Å². The number of nitrogens with one attached hydrogen (secondary N) is 2. The van der Waals surface area contributed by atoms with Crippen molar-refractivity contribution in [3.63, 3.8) is 0 Å². The number of rotatable bonds is 9. The number of hydrogen-bond acceptors (Lipinski definition) is 4. The normalized spacial score (nSPS) is 12.0. The monoisotopic (exact) mass is 299 g/mol. The summed E-state index contributed by atoms with van der Waals surface area (Å²) in [7, 11) is -1.48. The van der Waals surface area contributed by atoms with Gasteiger partial charge in [0.2, 0.25) is 10.0 Å². The van der Waals surface area contributed by atoms with Crippen LogP contribution < -0.4 is 10.0 Å². The van der Waals surface area contributed by atoms with Crippen molar-refractivity contribution in [1.29, 1.82) is 0 Å². The highest BCUT2D eigenvalue weighted by Gasteiger charge is 2.17. The lowest BCUT2D eigenvalue weighted by molar-refractivity contribution is 0.358. The predicted molar refractivity (Wildman–Crippen MR) is 82.2 cm³/mol. The molecule has 1 aromatic rings. The molecule has 0 saturated carbocycles. The van der Waals surface area contributed by atoms with Gasteiger partial charge in [0, 0.05) is 19.6 Å². The zero-order valence-corrected chi connectivity index (χ0v) is 13.3. The van der Waals surface area contributed by atoms with E-state index in [4.69, 9.17) is 0 Å². The number of nitrogens with zero attached hydrogens (tertiary/aromatic N) is 1. The molecule has 1 rings (SSSR count). The van der Waals surface area contributed by atoms with Gasteiger partial charge in [0.1, 0.15) is 0 Å². The molecule has 0 aliphatic rings. The van der Waals surface area contributed by atoms with Gasteiger partial charge in [-0.05, 0) is 31.8 Å². The van der Waals surface area contributed by atoms with E-state index in [0.717, 1.165) is 18.7 Å². The predicted octanol–water partition coefficient (Wildman–Crippen LogP) is 1.03. The Bertz CT molecular complexity index is 503. The highest BCUT2D eigenvalue weighted by atomic mass is 32.2. The molecule has 6 heteroatoms. The third-order valence-electron chi connectivity index (χ3n) is 3.15. The first-order valence-electron chi connectivity index (χ1n) is 6.98. The summed E-state index contributed by atoms with van der Waals surface area (Å²) in [6, 6.07) is 7.10. The Morgan fingerprint density at radius 3 is 2.55 bits per heavy atom. The lowest BCUT2D eigenvalue weighted by atomic mass is 10.2. The highest BCUT2D eigenvalue weighted by molar-refractivity contribution is 7.89. The average Bonchev–Trinajstić information content (AvgIpc) is 2.45. The van der Waals surface area contributed by atoms with Crippen LogP contribution in [0.1, 0.15) is 19.4 Å². The fourth-order valence-electron chi connectivity index (χ4n) is 1.78. The summed E-state index contributed by atoms with van der Waals surface area (Å²) < 4.78 is 27.3. The van der Waals surface area contributed by atoms with E-state index >= 15 is 0 Å². The Morgan fingerprint density at radius 1 is 1.20 bits per heavy atom. The summed E-state index contributed by atoms with van der Waals surface area (Å²) in [5, 5.41) is 3.16. The Morgan fingerprint density at radius 2 is 1.90 bits per heavy atom. The first-order valence-corrected chi connectivity index (χ1v) is 8.46. The largest absolute Gasteiger partial charge is 0.313 e. The van der Waals surface area contributed by atoms with Crippen LogP contribution in [0.2, 0.25) is 0 Å². The summed E-state index contributed by atoms with van der Waals surface area (Å²) in [5.41, 5.74) is 0.797. The van der Waals surface area contributed by atoms with Crippen molar-refractivity contribution in [1.82, 2.24) is 14.9 Å². The molecule has 0 aromatic heterocycles. The summed E-state index contributed by atoms with van der Waals surface area (Å²) in [6.45, 7) is 7.42. The number of sulfonamides is 1. The van der Waals surface area contributed by atoms with E-state index in [-0.39, 0.29) is 0 Å².